The Balaban J connectivity index is 1.60. The molecule has 3 aliphatic rings. The second-order valence-electron chi connectivity index (χ2n) is 9.13. The quantitative estimate of drug-likeness (QED) is 0.692. The molecule has 3 rings (SSSR count). The summed E-state index contributed by atoms with van der Waals surface area (Å²) in [5, 5.41) is 0. The third kappa shape index (κ3) is 3.41. The second-order valence-corrected chi connectivity index (χ2v) is 9.13. The summed E-state index contributed by atoms with van der Waals surface area (Å²) >= 11 is 0. The summed E-state index contributed by atoms with van der Waals surface area (Å²) in [7, 11) is 0. The van der Waals surface area contributed by atoms with Crippen molar-refractivity contribution in [1.82, 2.24) is 4.90 Å². The monoisotopic (exact) mass is 303 g/mol. The smallest absolute Gasteiger partial charge is 0.226 e. The van der Waals surface area contributed by atoms with Gasteiger partial charge in [0, 0.05) is 18.0 Å². The van der Waals surface area contributed by atoms with Crippen LogP contribution in [0, 0.1) is 29.6 Å². The molecule has 0 radical (unpaired) electrons. The Hall–Kier alpha value is -0.790. The summed E-state index contributed by atoms with van der Waals surface area (Å²) in [5.74, 6) is 3.95. The van der Waals surface area contributed by atoms with Gasteiger partial charge in [0.25, 0.3) is 0 Å². The highest BCUT2D eigenvalue weighted by Gasteiger charge is 2.48. The number of nitrogens with zero attached hydrogens (tertiary/aromatic N) is 1. The van der Waals surface area contributed by atoms with E-state index in [9.17, 15) is 4.79 Å². The zero-order valence-corrected chi connectivity index (χ0v) is 15.1. The number of amides is 1. The van der Waals surface area contributed by atoms with E-state index < -0.39 is 0 Å². The van der Waals surface area contributed by atoms with E-state index in [2.05, 4.69) is 45.6 Å². The van der Waals surface area contributed by atoms with Crippen LogP contribution in [0.2, 0.25) is 0 Å². The number of hydrogen-bond donors (Lipinski definition) is 0. The predicted octanol–water partition coefficient (Wildman–Crippen LogP) is 4.65. The highest BCUT2D eigenvalue weighted by atomic mass is 16.2. The van der Waals surface area contributed by atoms with Crippen molar-refractivity contribution in [3.8, 4) is 0 Å². The van der Waals surface area contributed by atoms with E-state index in [4.69, 9.17) is 0 Å². The number of allylic oxidation sites excluding steroid dienone is 2. The number of rotatable bonds is 4. The van der Waals surface area contributed by atoms with Crippen molar-refractivity contribution < 1.29 is 4.79 Å². The lowest BCUT2D eigenvalue weighted by atomic mass is 9.78. The van der Waals surface area contributed by atoms with Crippen LogP contribution in [0.4, 0.5) is 0 Å². The van der Waals surface area contributed by atoms with Crippen LogP contribution in [-0.2, 0) is 4.79 Å². The molecule has 3 unspecified atom stereocenters. The van der Waals surface area contributed by atoms with E-state index in [1.54, 1.807) is 5.57 Å². The lowest BCUT2D eigenvalue weighted by Crippen LogP contribution is -2.47. The van der Waals surface area contributed by atoms with Gasteiger partial charge >= 0.3 is 0 Å². The molecule has 3 aliphatic carbocycles. The largest absolute Gasteiger partial charge is 0.337 e. The zero-order chi connectivity index (χ0) is 16.1. The fourth-order valence-electron chi connectivity index (χ4n) is 4.40. The molecule has 2 saturated carbocycles. The van der Waals surface area contributed by atoms with Gasteiger partial charge in [-0.25, -0.2) is 0 Å². The SMILES string of the molecule is CC1=CC(C)C(C2C[C@@H]2CN(C(=O)C2CC2)C(C)(C)C)CC1. The van der Waals surface area contributed by atoms with Crippen LogP contribution in [-0.4, -0.2) is 22.9 Å². The molecule has 0 spiro atoms. The fourth-order valence-corrected chi connectivity index (χ4v) is 4.40. The molecule has 2 fully saturated rings. The highest BCUT2D eigenvalue weighted by Crippen LogP contribution is 2.51. The van der Waals surface area contributed by atoms with Crippen LogP contribution in [0.1, 0.15) is 66.7 Å². The van der Waals surface area contributed by atoms with Gasteiger partial charge in [-0.05, 0) is 83.5 Å². The molecular weight excluding hydrogens is 270 g/mol. The van der Waals surface area contributed by atoms with Gasteiger partial charge in [-0.1, -0.05) is 18.6 Å². The lowest BCUT2D eigenvalue weighted by molar-refractivity contribution is -0.137. The zero-order valence-electron chi connectivity index (χ0n) is 15.1. The molecule has 0 aromatic carbocycles. The maximum atomic E-state index is 12.6. The van der Waals surface area contributed by atoms with E-state index in [0.717, 1.165) is 43.1 Å². The molecular formula is C20H33NO. The summed E-state index contributed by atoms with van der Waals surface area (Å²) in [6, 6.07) is 0. The van der Waals surface area contributed by atoms with Crippen LogP contribution in [0.25, 0.3) is 0 Å². The molecule has 2 nitrogen and oxygen atoms in total. The Labute approximate surface area is 136 Å². The molecule has 2 heteroatoms. The summed E-state index contributed by atoms with van der Waals surface area (Å²) < 4.78 is 0. The molecule has 0 saturated heterocycles. The summed E-state index contributed by atoms with van der Waals surface area (Å²) in [4.78, 5) is 14.8. The molecule has 0 bridgehead atoms. The summed E-state index contributed by atoms with van der Waals surface area (Å²) in [6.07, 6.45) is 8.69. The van der Waals surface area contributed by atoms with Crippen LogP contribution in [0.3, 0.4) is 0 Å². The maximum absolute atomic E-state index is 12.6. The van der Waals surface area contributed by atoms with Gasteiger partial charge in [0.2, 0.25) is 5.91 Å². The van der Waals surface area contributed by atoms with Crippen molar-refractivity contribution in [1.29, 1.82) is 0 Å². The van der Waals surface area contributed by atoms with Crippen molar-refractivity contribution in [3.05, 3.63) is 11.6 Å². The Bertz CT molecular complexity index is 469. The first-order valence-electron chi connectivity index (χ1n) is 9.26. The molecule has 1 amide bonds. The van der Waals surface area contributed by atoms with Gasteiger partial charge in [-0.15, -0.1) is 0 Å². The first kappa shape index (κ1) is 16.1. The normalized spacial score (nSPS) is 35.0. The van der Waals surface area contributed by atoms with Crippen LogP contribution < -0.4 is 0 Å². The minimum atomic E-state index is -0.0263. The van der Waals surface area contributed by atoms with Crippen molar-refractivity contribution in [2.24, 2.45) is 29.6 Å². The Morgan fingerprint density at radius 1 is 1.23 bits per heavy atom. The van der Waals surface area contributed by atoms with Crippen molar-refractivity contribution >= 4 is 5.91 Å². The summed E-state index contributed by atoms with van der Waals surface area (Å²) in [6.45, 7) is 12.2. The summed E-state index contributed by atoms with van der Waals surface area (Å²) in [5.41, 5.74) is 1.54. The van der Waals surface area contributed by atoms with Crippen LogP contribution in [0.15, 0.2) is 11.6 Å². The van der Waals surface area contributed by atoms with E-state index in [1.807, 2.05) is 0 Å². The molecule has 0 aromatic rings. The Kier molecular flexibility index (Phi) is 4.16. The third-order valence-corrected chi connectivity index (χ3v) is 6.04. The Morgan fingerprint density at radius 2 is 1.91 bits per heavy atom. The van der Waals surface area contributed by atoms with Crippen LogP contribution in [0.5, 0.6) is 0 Å². The molecule has 0 aliphatic heterocycles. The predicted molar refractivity (Wildman–Crippen MR) is 91.4 cm³/mol. The van der Waals surface area contributed by atoms with Gasteiger partial charge in [-0.2, -0.15) is 0 Å². The van der Waals surface area contributed by atoms with Crippen molar-refractivity contribution in [3.63, 3.8) is 0 Å². The number of hydrogen-bond acceptors (Lipinski definition) is 1. The Morgan fingerprint density at radius 3 is 2.45 bits per heavy atom. The molecule has 22 heavy (non-hydrogen) atoms. The standard InChI is InChI=1S/C20H33NO/c1-13-6-9-17(14(2)10-13)18-11-16(18)12-21(20(3,4)5)19(22)15-7-8-15/h10,14-18H,6-9,11-12H2,1-5H3/t14?,16-,17?,18?/m1/s1. The van der Waals surface area contributed by atoms with Crippen LogP contribution >= 0.6 is 0 Å². The molecule has 0 N–H and O–H groups in total. The van der Waals surface area contributed by atoms with Gasteiger partial charge in [0.15, 0.2) is 0 Å². The fraction of sp³-hybridized carbons (Fsp3) is 0.850. The van der Waals surface area contributed by atoms with Gasteiger partial charge in [0.05, 0.1) is 0 Å². The topological polar surface area (TPSA) is 20.3 Å². The molecule has 124 valence electrons. The second kappa shape index (κ2) is 5.69. The maximum Gasteiger partial charge on any atom is 0.226 e. The number of carbonyl (C=O) groups is 1. The molecule has 4 atom stereocenters. The molecule has 0 aromatic heterocycles. The van der Waals surface area contributed by atoms with Crippen molar-refractivity contribution in [2.45, 2.75) is 72.3 Å². The minimum Gasteiger partial charge on any atom is -0.337 e. The van der Waals surface area contributed by atoms with Gasteiger partial charge in [0.1, 0.15) is 0 Å². The van der Waals surface area contributed by atoms with Gasteiger partial charge in [-0.3, -0.25) is 4.79 Å². The van der Waals surface area contributed by atoms with Gasteiger partial charge < -0.3 is 4.90 Å². The lowest BCUT2D eigenvalue weighted by Gasteiger charge is -2.37. The van der Waals surface area contributed by atoms with E-state index in [1.165, 1.54) is 19.3 Å². The van der Waals surface area contributed by atoms with E-state index >= 15 is 0 Å². The highest BCUT2D eigenvalue weighted by molar-refractivity contribution is 5.81. The minimum absolute atomic E-state index is 0.0263. The van der Waals surface area contributed by atoms with E-state index in [-0.39, 0.29) is 5.54 Å². The average Bonchev–Trinajstić information content (AvgIpc) is 3.28. The molecule has 0 heterocycles. The first-order valence-corrected chi connectivity index (χ1v) is 9.26. The third-order valence-electron chi connectivity index (χ3n) is 6.04. The average molecular weight is 303 g/mol. The van der Waals surface area contributed by atoms with Crippen molar-refractivity contribution in [2.75, 3.05) is 6.54 Å². The first-order chi connectivity index (χ1) is 10.3. The van der Waals surface area contributed by atoms with E-state index in [0.29, 0.717) is 11.8 Å². The number of carbonyl (C=O) groups excluding carboxylic acids is 1.